The van der Waals surface area contributed by atoms with E-state index in [0.717, 1.165) is 46.5 Å². The minimum absolute atomic E-state index is 0.0208. The number of rotatable bonds is 8. The molecule has 3 aliphatic rings. The van der Waals surface area contributed by atoms with Crippen LogP contribution in [-0.2, 0) is 27.4 Å². The van der Waals surface area contributed by atoms with Gasteiger partial charge >= 0.3 is 0 Å². The maximum Gasteiger partial charge on any atom is 0.217 e. The molecule has 6 rings (SSSR count). The van der Waals surface area contributed by atoms with E-state index in [0.29, 0.717) is 23.4 Å². The van der Waals surface area contributed by atoms with Gasteiger partial charge in [-0.3, -0.25) is 9.69 Å². The number of amides is 1. The lowest BCUT2D eigenvalue weighted by Gasteiger charge is -2.43. The van der Waals surface area contributed by atoms with Crippen LogP contribution >= 0.6 is 0 Å². The van der Waals surface area contributed by atoms with Crippen LogP contribution in [0, 0.1) is 16.7 Å². The maximum atomic E-state index is 11.4. The molecule has 1 aliphatic carbocycles. The number of nitrogens with one attached hydrogen (secondary N) is 1. The lowest BCUT2D eigenvalue weighted by Crippen LogP contribution is -2.46. The molecule has 0 radical (unpaired) electrons. The van der Waals surface area contributed by atoms with Crippen LogP contribution < -0.4 is 5.32 Å². The second-order valence-electron chi connectivity index (χ2n) is 14.7. The van der Waals surface area contributed by atoms with Gasteiger partial charge in [-0.1, -0.05) is 94.4 Å². The molecule has 2 unspecified atom stereocenters. The third-order valence-corrected chi connectivity index (χ3v) is 10.0. The first kappa shape index (κ1) is 31.0. The summed E-state index contributed by atoms with van der Waals surface area (Å²) in [6, 6.07) is 25.5. The quantitative estimate of drug-likeness (QED) is 0.288. The number of ether oxygens (including phenoxy) is 2. The lowest BCUT2D eigenvalue weighted by atomic mass is 9.65. The Labute approximate surface area is 262 Å². The van der Waals surface area contributed by atoms with Crippen molar-refractivity contribution in [3.8, 4) is 11.1 Å². The molecule has 2 N–H and O–H groups in total. The van der Waals surface area contributed by atoms with E-state index >= 15 is 0 Å². The number of hydrogen-bond acceptors (Lipinski definition) is 5. The Morgan fingerprint density at radius 1 is 0.932 bits per heavy atom. The molecule has 1 amide bonds. The normalized spacial score (nSPS) is 29.8. The van der Waals surface area contributed by atoms with Crippen molar-refractivity contribution in [2.75, 3.05) is 13.1 Å². The molecule has 3 aromatic carbocycles. The Morgan fingerprint density at radius 3 is 2.36 bits per heavy atom. The first-order valence-corrected chi connectivity index (χ1v) is 16.2. The average Bonchev–Trinajstić information content (AvgIpc) is 3.24. The number of aliphatic hydroxyl groups excluding tert-OH is 1. The van der Waals surface area contributed by atoms with Gasteiger partial charge in [0.2, 0.25) is 5.91 Å². The van der Waals surface area contributed by atoms with E-state index in [-0.39, 0.29) is 30.6 Å². The van der Waals surface area contributed by atoms with Gasteiger partial charge in [0.05, 0.1) is 18.8 Å². The summed E-state index contributed by atoms with van der Waals surface area (Å²) in [5.74, 6) is 0.131. The maximum absolute atomic E-state index is 11.4. The first-order valence-electron chi connectivity index (χ1n) is 16.2. The first-order chi connectivity index (χ1) is 21.0. The Kier molecular flexibility index (Phi) is 8.73. The average molecular weight is 597 g/mol. The molecule has 2 aliphatic heterocycles. The predicted molar refractivity (Wildman–Crippen MR) is 173 cm³/mol. The fraction of sp³-hybridized carbons (Fsp3) is 0.500. The fourth-order valence-corrected chi connectivity index (χ4v) is 8.27. The summed E-state index contributed by atoms with van der Waals surface area (Å²) < 4.78 is 13.6. The SMILES string of the molecule is CC(=O)NCc1cccc(-c2ccc([C@@H]3O[C@H](CN4CC5(C)CC4CC(C)(C)C5)[C@H](C)[C@H](c4ccc(CO)cc4)O3)cc2)c1. The van der Waals surface area contributed by atoms with Crippen LogP contribution in [0.25, 0.3) is 11.1 Å². The van der Waals surface area contributed by atoms with Crippen molar-refractivity contribution >= 4 is 5.91 Å². The lowest BCUT2D eigenvalue weighted by molar-refractivity contribution is -0.276. The van der Waals surface area contributed by atoms with Gasteiger partial charge in [0.1, 0.15) is 0 Å². The zero-order valence-corrected chi connectivity index (χ0v) is 26.9. The van der Waals surface area contributed by atoms with E-state index in [1.165, 1.54) is 26.2 Å². The summed E-state index contributed by atoms with van der Waals surface area (Å²) in [6.45, 7) is 13.7. The number of fused-ring (bicyclic) bond motifs is 2. The van der Waals surface area contributed by atoms with E-state index in [2.05, 4.69) is 86.4 Å². The van der Waals surface area contributed by atoms with Gasteiger partial charge in [0.15, 0.2) is 6.29 Å². The molecule has 44 heavy (non-hydrogen) atoms. The zero-order valence-electron chi connectivity index (χ0n) is 26.9. The third-order valence-electron chi connectivity index (χ3n) is 10.0. The van der Waals surface area contributed by atoms with E-state index in [4.69, 9.17) is 9.47 Å². The van der Waals surface area contributed by atoms with E-state index in [1.807, 2.05) is 24.3 Å². The van der Waals surface area contributed by atoms with Crippen molar-refractivity contribution in [1.29, 1.82) is 0 Å². The van der Waals surface area contributed by atoms with Crippen molar-refractivity contribution in [3.05, 3.63) is 95.1 Å². The minimum Gasteiger partial charge on any atom is -0.392 e. The molecule has 6 atom stereocenters. The van der Waals surface area contributed by atoms with Gasteiger partial charge in [0.25, 0.3) is 0 Å². The molecule has 1 saturated carbocycles. The Balaban J connectivity index is 1.24. The molecule has 3 fully saturated rings. The molecule has 0 spiro atoms. The number of hydrogen-bond donors (Lipinski definition) is 2. The van der Waals surface area contributed by atoms with Gasteiger partial charge < -0.3 is 19.9 Å². The molecule has 234 valence electrons. The highest BCUT2D eigenvalue weighted by atomic mass is 16.7. The standard InChI is InChI=1S/C38H48N2O4/c1-25-34(21-40-24-38(5)19-33(40)18-37(3,4)23-38)43-36(44-35(25)30-11-9-27(22-41)10-12-30)31-15-13-29(14-16-31)32-8-6-7-28(17-32)20-39-26(2)42/h6-17,25,33-36,41H,18-24H2,1-5H3,(H,39,42)/t25-,33?,34+,35+,36+,38?/m0/s1. The van der Waals surface area contributed by atoms with Gasteiger partial charge in [-0.15, -0.1) is 0 Å². The number of likely N-dealkylation sites (tertiary alicyclic amines) is 1. The van der Waals surface area contributed by atoms with Crippen LogP contribution in [-0.4, -0.2) is 41.1 Å². The molecule has 6 nitrogen and oxygen atoms in total. The Bertz CT molecular complexity index is 1450. The smallest absolute Gasteiger partial charge is 0.217 e. The molecule has 2 heterocycles. The summed E-state index contributed by atoms with van der Waals surface area (Å²) in [5.41, 5.74) is 7.05. The van der Waals surface area contributed by atoms with Crippen LogP contribution in [0.1, 0.15) is 88.5 Å². The summed E-state index contributed by atoms with van der Waals surface area (Å²) >= 11 is 0. The summed E-state index contributed by atoms with van der Waals surface area (Å²) in [6.07, 6.45) is 3.22. The van der Waals surface area contributed by atoms with Crippen molar-refractivity contribution < 1.29 is 19.4 Å². The van der Waals surface area contributed by atoms with Gasteiger partial charge in [-0.05, 0) is 64.0 Å². The van der Waals surface area contributed by atoms with Crippen molar-refractivity contribution in [2.24, 2.45) is 16.7 Å². The number of nitrogens with zero attached hydrogens (tertiary/aromatic N) is 1. The van der Waals surface area contributed by atoms with Crippen LogP contribution in [0.2, 0.25) is 0 Å². The molecule has 2 bridgehead atoms. The number of carbonyl (C=O) groups excluding carboxylic acids is 1. The van der Waals surface area contributed by atoms with Crippen LogP contribution in [0.5, 0.6) is 0 Å². The largest absolute Gasteiger partial charge is 0.392 e. The Morgan fingerprint density at radius 2 is 1.66 bits per heavy atom. The Hall–Kier alpha value is -3.03. The molecule has 0 aromatic heterocycles. The molecule has 2 saturated heterocycles. The minimum atomic E-state index is -0.479. The molecular formula is C38H48N2O4. The van der Waals surface area contributed by atoms with Crippen LogP contribution in [0.15, 0.2) is 72.8 Å². The highest BCUT2D eigenvalue weighted by molar-refractivity contribution is 5.73. The highest BCUT2D eigenvalue weighted by Crippen LogP contribution is 2.53. The fourth-order valence-electron chi connectivity index (χ4n) is 8.27. The van der Waals surface area contributed by atoms with Crippen molar-refractivity contribution in [2.45, 2.75) is 91.6 Å². The monoisotopic (exact) mass is 596 g/mol. The van der Waals surface area contributed by atoms with Crippen molar-refractivity contribution in [3.63, 3.8) is 0 Å². The van der Waals surface area contributed by atoms with Gasteiger partial charge in [-0.2, -0.15) is 0 Å². The number of aliphatic hydroxyl groups is 1. The van der Waals surface area contributed by atoms with Crippen molar-refractivity contribution in [1.82, 2.24) is 10.2 Å². The predicted octanol–water partition coefficient (Wildman–Crippen LogP) is 7.17. The van der Waals surface area contributed by atoms with E-state index in [1.54, 1.807) is 0 Å². The van der Waals surface area contributed by atoms with E-state index < -0.39 is 6.29 Å². The van der Waals surface area contributed by atoms with E-state index in [9.17, 15) is 9.90 Å². The van der Waals surface area contributed by atoms with Crippen LogP contribution in [0.4, 0.5) is 0 Å². The summed E-state index contributed by atoms with van der Waals surface area (Å²) in [5, 5.41) is 12.5. The number of benzene rings is 3. The second-order valence-corrected chi connectivity index (χ2v) is 14.7. The number of carbonyl (C=O) groups is 1. The summed E-state index contributed by atoms with van der Waals surface area (Å²) in [4.78, 5) is 14.1. The topological polar surface area (TPSA) is 71.0 Å². The van der Waals surface area contributed by atoms with Gasteiger partial charge in [0, 0.05) is 44.1 Å². The van der Waals surface area contributed by atoms with Gasteiger partial charge in [-0.25, -0.2) is 0 Å². The third kappa shape index (κ3) is 6.79. The zero-order chi connectivity index (χ0) is 31.1. The second kappa shape index (κ2) is 12.4. The molecule has 3 aromatic rings. The van der Waals surface area contributed by atoms with Crippen LogP contribution in [0.3, 0.4) is 0 Å². The molecular weight excluding hydrogens is 548 g/mol. The molecule has 6 heteroatoms. The highest BCUT2D eigenvalue weighted by Gasteiger charge is 2.51. The summed E-state index contributed by atoms with van der Waals surface area (Å²) in [7, 11) is 0.